The molecule has 0 aromatic carbocycles. The minimum absolute atomic E-state index is 0.115. The van der Waals surface area contributed by atoms with Crippen LogP contribution in [0.2, 0.25) is 0 Å². The molecule has 4 nitrogen and oxygen atoms in total. The summed E-state index contributed by atoms with van der Waals surface area (Å²) in [5.74, 6) is -0.169. The molecule has 0 fully saturated rings. The standard InChI is InChI=1S/C10H13BrN2O2/c1-2-8(5-11)13-10(15)7-3-4-9(14)12-6-7/h3-4,6,8H,2,5H2,1H3,(H,12,14)(H,13,15). The average Bonchev–Trinajstić information content (AvgIpc) is 2.26. The number of rotatable bonds is 4. The third-order valence-electron chi connectivity index (χ3n) is 2.06. The molecule has 5 heteroatoms. The number of aromatic nitrogens is 1. The van der Waals surface area contributed by atoms with Crippen molar-refractivity contribution >= 4 is 21.8 Å². The third-order valence-corrected chi connectivity index (χ3v) is 2.84. The zero-order valence-electron chi connectivity index (χ0n) is 8.42. The van der Waals surface area contributed by atoms with E-state index in [0.29, 0.717) is 5.56 Å². The van der Waals surface area contributed by atoms with E-state index < -0.39 is 0 Å². The molecule has 0 bridgehead atoms. The zero-order chi connectivity index (χ0) is 11.3. The van der Waals surface area contributed by atoms with E-state index in [-0.39, 0.29) is 17.5 Å². The van der Waals surface area contributed by atoms with Crippen LogP contribution in [0, 0.1) is 0 Å². The SMILES string of the molecule is CCC(CBr)NC(=O)c1ccc(=O)[nH]c1. The molecule has 2 N–H and O–H groups in total. The molecule has 1 heterocycles. The van der Waals surface area contributed by atoms with Crippen molar-refractivity contribution in [3.8, 4) is 0 Å². The van der Waals surface area contributed by atoms with Gasteiger partial charge in [-0.15, -0.1) is 0 Å². The number of H-pyrrole nitrogens is 1. The van der Waals surface area contributed by atoms with Crippen LogP contribution in [0.5, 0.6) is 0 Å². The van der Waals surface area contributed by atoms with Gasteiger partial charge in [-0.25, -0.2) is 0 Å². The van der Waals surface area contributed by atoms with Crippen molar-refractivity contribution in [3.05, 3.63) is 34.2 Å². The van der Waals surface area contributed by atoms with Crippen LogP contribution in [-0.4, -0.2) is 22.3 Å². The Kier molecular flexibility index (Phi) is 4.55. The number of halogens is 1. The molecule has 0 saturated heterocycles. The maximum Gasteiger partial charge on any atom is 0.253 e. The molecule has 1 aromatic heterocycles. The van der Waals surface area contributed by atoms with Gasteiger partial charge in [0.05, 0.1) is 5.56 Å². The molecule has 1 aromatic rings. The lowest BCUT2D eigenvalue weighted by molar-refractivity contribution is 0.0940. The average molecular weight is 273 g/mol. The lowest BCUT2D eigenvalue weighted by Gasteiger charge is -2.13. The van der Waals surface area contributed by atoms with E-state index in [1.54, 1.807) is 0 Å². The molecule has 1 unspecified atom stereocenters. The highest BCUT2D eigenvalue weighted by molar-refractivity contribution is 9.09. The summed E-state index contributed by atoms with van der Waals surface area (Å²) in [5, 5.41) is 3.57. The van der Waals surface area contributed by atoms with Crippen LogP contribution in [0.25, 0.3) is 0 Å². The Labute approximate surface area is 96.2 Å². The molecule has 0 saturated carbocycles. The second-order valence-electron chi connectivity index (χ2n) is 3.17. The monoisotopic (exact) mass is 272 g/mol. The van der Waals surface area contributed by atoms with Gasteiger partial charge in [0.1, 0.15) is 0 Å². The van der Waals surface area contributed by atoms with Gasteiger partial charge < -0.3 is 10.3 Å². The topological polar surface area (TPSA) is 62.0 Å². The molecule has 0 aliphatic carbocycles. The van der Waals surface area contributed by atoms with Gasteiger partial charge >= 0.3 is 0 Å². The minimum Gasteiger partial charge on any atom is -0.348 e. The quantitative estimate of drug-likeness (QED) is 0.812. The summed E-state index contributed by atoms with van der Waals surface area (Å²) >= 11 is 3.32. The molecular weight excluding hydrogens is 260 g/mol. The van der Waals surface area contributed by atoms with E-state index in [9.17, 15) is 9.59 Å². The Balaban J connectivity index is 2.68. The van der Waals surface area contributed by atoms with E-state index >= 15 is 0 Å². The zero-order valence-corrected chi connectivity index (χ0v) is 10.0. The van der Waals surface area contributed by atoms with Crippen LogP contribution in [-0.2, 0) is 0 Å². The number of aromatic amines is 1. The van der Waals surface area contributed by atoms with Crippen LogP contribution in [0.1, 0.15) is 23.7 Å². The molecule has 0 aliphatic heterocycles. The van der Waals surface area contributed by atoms with E-state index in [1.807, 2.05) is 6.92 Å². The second-order valence-corrected chi connectivity index (χ2v) is 3.82. The Bertz CT molecular complexity index is 365. The number of carbonyl (C=O) groups is 1. The second kappa shape index (κ2) is 5.70. The first-order valence-electron chi connectivity index (χ1n) is 4.73. The van der Waals surface area contributed by atoms with Gasteiger partial charge in [0.15, 0.2) is 0 Å². The summed E-state index contributed by atoms with van der Waals surface area (Å²) in [7, 11) is 0. The predicted octanol–water partition coefficient (Wildman–Crippen LogP) is 1.28. The summed E-state index contributed by atoms with van der Waals surface area (Å²) in [4.78, 5) is 24.9. The van der Waals surface area contributed by atoms with Crippen LogP contribution >= 0.6 is 15.9 Å². The van der Waals surface area contributed by atoms with Crippen LogP contribution in [0.3, 0.4) is 0 Å². The first-order chi connectivity index (χ1) is 7.17. The number of amides is 1. The number of nitrogens with one attached hydrogen (secondary N) is 2. The maximum atomic E-state index is 11.6. The molecule has 82 valence electrons. The molecule has 1 atom stereocenters. The molecular formula is C10H13BrN2O2. The number of alkyl halides is 1. The highest BCUT2D eigenvalue weighted by atomic mass is 79.9. The fraction of sp³-hybridized carbons (Fsp3) is 0.400. The lowest BCUT2D eigenvalue weighted by Crippen LogP contribution is -2.35. The van der Waals surface area contributed by atoms with Crippen molar-refractivity contribution in [2.45, 2.75) is 19.4 Å². The molecule has 0 aliphatic rings. The van der Waals surface area contributed by atoms with Crippen molar-refractivity contribution < 1.29 is 4.79 Å². The Morgan fingerprint density at radius 3 is 2.80 bits per heavy atom. The maximum absolute atomic E-state index is 11.6. The van der Waals surface area contributed by atoms with Crippen molar-refractivity contribution in [1.82, 2.24) is 10.3 Å². The number of hydrogen-bond acceptors (Lipinski definition) is 2. The predicted molar refractivity (Wildman–Crippen MR) is 62.4 cm³/mol. The van der Waals surface area contributed by atoms with Gasteiger partial charge in [-0.3, -0.25) is 9.59 Å². The van der Waals surface area contributed by atoms with Crippen molar-refractivity contribution in [3.63, 3.8) is 0 Å². The van der Waals surface area contributed by atoms with Gasteiger partial charge in [-0.05, 0) is 12.5 Å². The van der Waals surface area contributed by atoms with E-state index in [1.165, 1.54) is 18.3 Å². The smallest absolute Gasteiger partial charge is 0.253 e. The normalized spacial score (nSPS) is 12.1. The van der Waals surface area contributed by atoms with Gasteiger partial charge in [0, 0.05) is 23.6 Å². The summed E-state index contributed by atoms with van der Waals surface area (Å²) in [5.41, 5.74) is 0.257. The van der Waals surface area contributed by atoms with Gasteiger partial charge in [0.2, 0.25) is 5.56 Å². The van der Waals surface area contributed by atoms with Gasteiger partial charge in [-0.2, -0.15) is 0 Å². The summed E-state index contributed by atoms with van der Waals surface area (Å²) in [6.07, 6.45) is 2.28. The molecule has 1 rings (SSSR count). The summed E-state index contributed by atoms with van der Waals surface area (Å²) < 4.78 is 0. The van der Waals surface area contributed by atoms with E-state index in [2.05, 4.69) is 26.2 Å². The third kappa shape index (κ3) is 3.51. The first kappa shape index (κ1) is 12.0. The Hall–Kier alpha value is -1.10. The van der Waals surface area contributed by atoms with Crippen molar-refractivity contribution in [2.24, 2.45) is 0 Å². The number of hydrogen-bond donors (Lipinski definition) is 2. The van der Waals surface area contributed by atoms with Crippen LogP contribution < -0.4 is 10.9 Å². The first-order valence-corrected chi connectivity index (χ1v) is 5.85. The molecule has 15 heavy (non-hydrogen) atoms. The number of pyridine rings is 1. The van der Waals surface area contributed by atoms with Crippen LogP contribution in [0.4, 0.5) is 0 Å². The molecule has 0 radical (unpaired) electrons. The Morgan fingerprint density at radius 2 is 2.33 bits per heavy atom. The molecule has 1 amide bonds. The lowest BCUT2D eigenvalue weighted by atomic mass is 10.2. The highest BCUT2D eigenvalue weighted by Crippen LogP contribution is 1.99. The van der Waals surface area contributed by atoms with E-state index in [0.717, 1.165) is 11.8 Å². The fourth-order valence-electron chi connectivity index (χ4n) is 1.07. The Morgan fingerprint density at radius 1 is 1.60 bits per heavy atom. The summed E-state index contributed by atoms with van der Waals surface area (Å²) in [6, 6.07) is 2.96. The van der Waals surface area contributed by atoms with Crippen molar-refractivity contribution in [1.29, 1.82) is 0 Å². The highest BCUT2D eigenvalue weighted by Gasteiger charge is 2.10. The molecule has 0 spiro atoms. The fourth-order valence-corrected chi connectivity index (χ4v) is 1.69. The van der Waals surface area contributed by atoms with Gasteiger partial charge in [-0.1, -0.05) is 22.9 Å². The summed E-state index contributed by atoms with van der Waals surface area (Å²) in [6.45, 7) is 2.00. The van der Waals surface area contributed by atoms with Crippen LogP contribution in [0.15, 0.2) is 23.1 Å². The number of carbonyl (C=O) groups excluding carboxylic acids is 1. The minimum atomic E-state index is -0.209. The largest absolute Gasteiger partial charge is 0.348 e. The van der Waals surface area contributed by atoms with Crippen molar-refractivity contribution in [2.75, 3.05) is 5.33 Å². The van der Waals surface area contributed by atoms with E-state index in [4.69, 9.17) is 0 Å². The van der Waals surface area contributed by atoms with Gasteiger partial charge in [0.25, 0.3) is 5.91 Å².